The van der Waals surface area contributed by atoms with E-state index in [0.29, 0.717) is 24.8 Å². The molecular weight excluding hydrogens is 330 g/mol. The SMILES string of the molecule is CC1C(c2ccccc2)OP(=O)(N(CCCl)CCCl)N1C. The summed E-state index contributed by atoms with van der Waals surface area (Å²) in [5, 5.41) is 0. The molecule has 1 heterocycles. The van der Waals surface area contributed by atoms with Crippen molar-refractivity contribution in [2.45, 2.75) is 19.1 Å². The molecule has 4 nitrogen and oxygen atoms in total. The van der Waals surface area contributed by atoms with Crippen molar-refractivity contribution >= 4 is 30.9 Å². The third kappa shape index (κ3) is 3.47. The van der Waals surface area contributed by atoms with E-state index in [0.717, 1.165) is 5.56 Å². The van der Waals surface area contributed by atoms with Crippen LogP contribution in [0.5, 0.6) is 0 Å². The Morgan fingerprint density at radius 2 is 1.81 bits per heavy atom. The number of alkyl halides is 2. The van der Waals surface area contributed by atoms with Crippen molar-refractivity contribution in [3.63, 3.8) is 0 Å². The predicted molar refractivity (Wildman–Crippen MR) is 88.1 cm³/mol. The summed E-state index contributed by atoms with van der Waals surface area (Å²) in [5.74, 6) is 0.783. The second kappa shape index (κ2) is 7.45. The highest BCUT2D eigenvalue weighted by atomic mass is 35.5. The molecule has 0 spiro atoms. The zero-order valence-corrected chi connectivity index (χ0v) is 14.7. The van der Waals surface area contributed by atoms with Crippen LogP contribution in [-0.4, -0.2) is 47.3 Å². The molecule has 0 aromatic heterocycles. The summed E-state index contributed by atoms with van der Waals surface area (Å²) >= 11 is 11.7. The number of hydrogen-bond donors (Lipinski definition) is 0. The van der Waals surface area contributed by atoms with Gasteiger partial charge in [-0.1, -0.05) is 30.3 Å². The van der Waals surface area contributed by atoms with Gasteiger partial charge in [0.25, 0.3) is 0 Å². The first-order chi connectivity index (χ1) is 10.0. The van der Waals surface area contributed by atoms with Crippen LogP contribution in [0.2, 0.25) is 0 Å². The van der Waals surface area contributed by atoms with E-state index < -0.39 is 7.67 Å². The summed E-state index contributed by atoms with van der Waals surface area (Å²) in [6.07, 6.45) is -0.213. The second-order valence-corrected chi connectivity index (χ2v) is 8.22. The molecule has 0 N–H and O–H groups in total. The van der Waals surface area contributed by atoms with Gasteiger partial charge in [-0.05, 0) is 19.5 Å². The van der Waals surface area contributed by atoms with Gasteiger partial charge in [0.15, 0.2) is 0 Å². The molecule has 0 aliphatic carbocycles. The van der Waals surface area contributed by atoms with Crippen molar-refractivity contribution in [1.29, 1.82) is 0 Å². The van der Waals surface area contributed by atoms with E-state index in [1.54, 1.807) is 4.67 Å². The van der Waals surface area contributed by atoms with Crippen molar-refractivity contribution < 1.29 is 9.09 Å². The molecule has 0 radical (unpaired) electrons. The van der Waals surface area contributed by atoms with Crippen LogP contribution in [0, 0.1) is 0 Å². The summed E-state index contributed by atoms with van der Waals surface area (Å²) < 4.78 is 22.9. The highest BCUT2D eigenvalue weighted by molar-refractivity contribution is 7.54. The fraction of sp³-hybridized carbons (Fsp3) is 0.571. The molecule has 118 valence electrons. The first kappa shape index (κ1) is 17.3. The standard InChI is InChI=1S/C14H21Cl2N2O2P/c1-12-14(13-6-4-3-5-7-13)20-21(19,17(12)2)18(10-8-15)11-9-16/h3-7,12,14H,8-11H2,1-2H3. The van der Waals surface area contributed by atoms with Crippen molar-refractivity contribution in [3.05, 3.63) is 35.9 Å². The van der Waals surface area contributed by atoms with E-state index in [-0.39, 0.29) is 12.1 Å². The quantitative estimate of drug-likeness (QED) is 0.574. The summed E-state index contributed by atoms with van der Waals surface area (Å²) in [4.78, 5) is 0. The maximum Gasteiger partial charge on any atom is 0.346 e. The Labute approximate surface area is 136 Å². The van der Waals surface area contributed by atoms with Crippen molar-refractivity contribution in [2.24, 2.45) is 0 Å². The topological polar surface area (TPSA) is 32.8 Å². The average molecular weight is 351 g/mol. The van der Waals surface area contributed by atoms with E-state index in [1.165, 1.54) is 0 Å². The molecule has 1 saturated heterocycles. The van der Waals surface area contributed by atoms with Gasteiger partial charge in [-0.25, -0.2) is 9.34 Å². The normalized spacial score (nSPS) is 30.1. The Balaban J connectivity index is 2.27. The molecule has 1 aromatic carbocycles. The number of hydrogen-bond acceptors (Lipinski definition) is 2. The molecule has 0 saturated carbocycles. The molecule has 2 rings (SSSR count). The highest BCUT2D eigenvalue weighted by Crippen LogP contribution is 2.64. The maximum absolute atomic E-state index is 13.3. The van der Waals surface area contributed by atoms with Crippen molar-refractivity contribution in [1.82, 2.24) is 9.34 Å². The molecule has 1 fully saturated rings. The lowest BCUT2D eigenvalue weighted by Crippen LogP contribution is -2.32. The molecule has 1 aliphatic heterocycles. The van der Waals surface area contributed by atoms with Crippen LogP contribution in [0.15, 0.2) is 30.3 Å². The Morgan fingerprint density at radius 3 is 2.33 bits per heavy atom. The summed E-state index contributed by atoms with van der Waals surface area (Å²) in [6, 6.07) is 9.90. The average Bonchev–Trinajstić information content (AvgIpc) is 2.73. The molecule has 1 aliphatic rings. The Hall–Kier alpha value is -0.0900. The van der Waals surface area contributed by atoms with Gasteiger partial charge in [-0.15, -0.1) is 23.2 Å². The smallest absolute Gasteiger partial charge is 0.296 e. The lowest BCUT2D eigenvalue weighted by atomic mass is 10.0. The lowest BCUT2D eigenvalue weighted by Gasteiger charge is -2.30. The molecule has 3 atom stereocenters. The number of halogens is 2. The van der Waals surface area contributed by atoms with Gasteiger partial charge >= 0.3 is 7.67 Å². The largest absolute Gasteiger partial charge is 0.346 e. The Kier molecular flexibility index (Phi) is 6.13. The Bertz CT molecular complexity index is 497. The number of rotatable bonds is 6. The molecule has 1 aromatic rings. The Morgan fingerprint density at radius 1 is 1.24 bits per heavy atom. The van der Waals surface area contributed by atoms with Crippen LogP contribution in [0.25, 0.3) is 0 Å². The minimum absolute atomic E-state index is 0.0198. The maximum atomic E-state index is 13.3. The third-order valence-electron chi connectivity index (χ3n) is 3.85. The van der Waals surface area contributed by atoms with Crippen LogP contribution in [0.3, 0.4) is 0 Å². The fourth-order valence-electron chi connectivity index (χ4n) is 2.54. The minimum Gasteiger partial charge on any atom is -0.296 e. The van der Waals surface area contributed by atoms with E-state index in [9.17, 15) is 4.57 Å². The third-order valence-corrected chi connectivity index (χ3v) is 6.96. The molecule has 3 unspecified atom stereocenters. The fourth-order valence-corrected chi connectivity index (χ4v) is 5.75. The first-order valence-electron chi connectivity index (χ1n) is 6.98. The van der Waals surface area contributed by atoms with Crippen LogP contribution in [-0.2, 0) is 9.09 Å². The zero-order chi connectivity index (χ0) is 15.5. The van der Waals surface area contributed by atoms with Gasteiger partial charge in [0.05, 0.1) is 0 Å². The summed E-state index contributed by atoms with van der Waals surface area (Å²) in [5.41, 5.74) is 1.03. The van der Waals surface area contributed by atoms with Gasteiger partial charge in [-0.3, -0.25) is 9.09 Å². The van der Waals surface area contributed by atoms with Crippen molar-refractivity contribution in [2.75, 3.05) is 31.9 Å². The van der Waals surface area contributed by atoms with Gasteiger partial charge < -0.3 is 0 Å². The number of likely N-dealkylation sites (N-methyl/N-ethyl adjacent to an activating group) is 1. The van der Waals surface area contributed by atoms with E-state index in [1.807, 2.05) is 49.0 Å². The molecule has 7 heteroatoms. The van der Waals surface area contributed by atoms with Gasteiger partial charge in [0.2, 0.25) is 0 Å². The highest BCUT2D eigenvalue weighted by Gasteiger charge is 2.50. The molecular formula is C14H21Cl2N2O2P. The molecule has 0 amide bonds. The zero-order valence-electron chi connectivity index (χ0n) is 12.3. The van der Waals surface area contributed by atoms with E-state index in [2.05, 4.69) is 0 Å². The lowest BCUT2D eigenvalue weighted by molar-refractivity contribution is 0.198. The summed E-state index contributed by atoms with van der Waals surface area (Å²) in [7, 11) is -1.25. The molecule has 0 bridgehead atoms. The molecule has 21 heavy (non-hydrogen) atoms. The monoisotopic (exact) mass is 350 g/mol. The second-order valence-electron chi connectivity index (χ2n) is 5.07. The van der Waals surface area contributed by atoms with Crippen LogP contribution < -0.4 is 0 Å². The van der Waals surface area contributed by atoms with Crippen LogP contribution in [0.1, 0.15) is 18.6 Å². The van der Waals surface area contributed by atoms with Gasteiger partial charge in [0, 0.05) is 30.9 Å². The first-order valence-corrected chi connectivity index (χ1v) is 9.58. The summed E-state index contributed by atoms with van der Waals surface area (Å²) in [6.45, 7) is 3.01. The number of benzene rings is 1. The minimum atomic E-state index is -3.08. The number of nitrogens with zero attached hydrogens (tertiary/aromatic N) is 2. The van der Waals surface area contributed by atoms with Crippen LogP contribution in [0.4, 0.5) is 0 Å². The van der Waals surface area contributed by atoms with E-state index in [4.69, 9.17) is 27.7 Å². The predicted octanol–water partition coefficient (Wildman–Crippen LogP) is 3.97. The van der Waals surface area contributed by atoms with Gasteiger partial charge in [-0.2, -0.15) is 0 Å². The van der Waals surface area contributed by atoms with Crippen molar-refractivity contribution in [3.8, 4) is 0 Å². The van der Waals surface area contributed by atoms with E-state index >= 15 is 0 Å². The van der Waals surface area contributed by atoms with Crippen LogP contribution >= 0.6 is 30.9 Å². The van der Waals surface area contributed by atoms with Gasteiger partial charge in [0.1, 0.15) is 6.10 Å².